The maximum atomic E-state index is 5.92. The molecular formula is C15H14BrClO. The summed E-state index contributed by atoms with van der Waals surface area (Å²) in [5.41, 5.74) is 1.27. The van der Waals surface area contributed by atoms with Crippen molar-refractivity contribution < 1.29 is 4.74 Å². The molecule has 1 atom stereocenters. The summed E-state index contributed by atoms with van der Waals surface area (Å²) in [6.45, 7) is 0.635. The van der Waals surface area contributed by atoms with Gasteiger partial charge in [0.15, 0.2) is 0 Å². The van der Waals surface area contributed by atoms with Crippen LogP contribution in [0.3, 0.4) is 0 Å². The fraction of sp³-hybridized carbons (Fsp3) is 0.200. The molecule has 1 nitrogen and oxygen atoms in total. The van der Waals surface area contributed by atoms with E-state index in [9.17, 15) is 0 Å². The van der Waals surface area contributed by atoms with Crippen LogP contribution in [0.15, 0.2) is 54.6 Å². The van der Waals surface area contributed by atoms with Crippen LogP contribution in [0.1, 0.15) is 11.5 Å². The minimum absolute atomic E-state index is 0.338. The molecule has 0 fully saturated rings. The molecule has 0 spiro atoms. The second-order valence-corrected chi connectivity index (χ2v) is 5.11. The fourth-order valence-electron chi connectivity index (χ4n) is 1.71. The summed E-state index contributed by atoms with van der Waals surface area (Å²) in [5.74, 6) is 1.15. The lowest BCUT2D eigenvalue weighted by Gasteiger charge is -2.15. The van der Waals surface area contributed by atoms with E-state index in [1.807, 2.05) is 42.5 Å². The Morgan fingerprint density at radius 1 is 1.06 bits per heavy atom. The summed E-state index contributed by atoms with van der Waals surface area (Å²) < 4.78 is 5.78. The van der Waals surface area contributed by atoms with Crippen molar-refractivity contribution in [3.05, 3.63) is 65.2 Å². The molecule has 0 heterocycles. The van der Waals surface area contributed by atoms with Crippen molar-refractivity contribution >= 4 is 27.5 Å². The SMILES string of the molecule is Clc1cccc(OCC(CBr)c2ccccc2)c1. The monoisotopic (exact) mass is 324 g/mol. The third kappa shape index (κ3) is 3.76. The molecule has 0 aliphatic carbocycles. The number of rotatable bonds is 5. The molecule has 0 aliphatic heterocycles. The van der Waals surface area contributed by atoms with Gasteiger partial charge in [0.2, 0.25) is 0 Å². The van der Waals surface area contributed by atoms with Crippen LogP contribution >= 0.6 is 27.5 Å². The highest BCUT2D eigenvalue weighted by molar-refractivity contribution is 9.09. The van der Waals surface area contributed by atoms with Gasteiger partial charge in [-0.1, -0.05) is 63.9 Å². The van der Waals surface area contributed by atoms with E-state index in [-0.39, 0.29) is 0 Å². The number of alkyl halides is 1. The molecule has 2 rings (SSSR count). The Morgan fingerprint density at radius 3 is 2.50 bits per heavy atom. The van der Waals surface area contributed by atoms with Gasteiger partial charge >= 0.3 is 0 Å². The highest BCUT2D eigenvalue weighted by Gasteiger charge is 2.10. The first-order chi connectivity index (χ1) is 8.79. The minimum Gasteiger partial charge on any atom is -0.493 e. The van der Waals surface area contributed by atoms with Crippen LogP contribution < -0.4 is 4.74 Å². The number of hydrogen-bond donors (Lipinski definition) is 0. The van der Waals surface area contributed by atoms with Gasteiger partial charge in [0.25, 0.3) is 0 Å². The van der Waals surface area contributed by atoms with Crippen LogP contribution in [-0.4, -0.2) is 11.9 Å². The molecule has 1 unspecified atom stereocenters. The molecule has 3 heteroatoms. The van der Waals surface area contributed by atoms with E-state index in [2.05, 4.69) is 28.1 Å². The Hall–Kier alpha value is -0.990. The topological polar surface area (TPSA) is 9.23 Å². The summed E-state index contributed by atoms with van der Waals surface area (Å²) in [5, 5.41) is 1.57. The molecule has 0 N–H and O–H groups in total. The van der Waals surface area contributed by atoms with Gasteiger partial charge in [-0.15, -0.1) is 0 Å². The average molecular weight is 326 g/mol. The first-order valence-electron chi connectivity index (χ1n) is 5.79. The van der Waals surface area contributed by atoms with Crippen molar-refractivity contribution in [1.82, 2.24) is 0 Å². The molecule has 94 valence electrons. The van der Waals surface area contributed by atoms with E-state index in [1.165, 1.54) is 5.56 Å². The summed E-state index contributed by atoms with van der Waals surface area (Å²) in [6.07, 6.45) is 0. The molecule has 0 amide bonds. The van der Waals surface area contributed by atoms with E-state index < -0.39 is 0 Å². The Balaban J connectivity index is 2.00. The summed E-state index contributed by atoms with van der Waals surface area (Å²) >= 11 is 9.46. The van der Waals surface area contributed by atoms with E-state index in [1.54, 1.807) is 0 Å². The minimum atomic E-state index is 0.338. The van der Waals surface area contributed by atoms with Crippen molar-refractivity contribution in [2.45, 2.75) is 5.92 Å². The zero-order valence-corrected chi connectivity index (χ0v) is 12.2. The molecule has 18 heavy (non-hydrogen) atoms. The molecule has 0 aromatic heterocycles. The van der Waals surface area contributed by atoms with Crippen molar-refractivity contribution in [2.75, 3.05) is 11.9 Å². The second kappa shape index (κ2) is 6.81. The number of halogens is 2. The molecule has 0 saturated carbocycles. The third-order valence-electron chi connectivity index (χ3n) is 2.70. The zero-order chi connectivity index (χ0) is 12.8. The van der Waals surface area contributed by atoms with Crippen LogP contribution in [0.4, 0.5) is 0 Å². The number of ether oxygens (including phenoxy) is 1. The van der Waals surface area contributed by atoms with Gasteiger partial charge in [0.05, 0.1) is 6.61 Å². The zero-order valence-electron chi connectivity index (χ0n) is 9.85. The Labute approximate surface area is 121 Å². The maximum absolute atomic E-state index is 5.92. The Bertz CT molecular complexity index is 487. The highest BCUT2D eigenvalue weighted by atomic mass is 79.9. The maximum Gasteiger partial charge on any atom is 0.120 e. The summed E-state index contributed by atoms with van der Waals surface area (Å²) in [4.78, 5) is 0. The van der Waals surface area contributed by atoms with Crippen LogP contribution in [0.25, 0.3) is 0 Å². The van der Waals surface area contributed by atoms with Crippen LogP contribution in [0.5, 0.6) is 5.75 Å². The molecule has 2 aromatic carbocycles. The first kappa shape index (κ1) is 13.4. The van der Waals surface area contributed by atoms with Gasteiger partial charge in [-0.05, 0) is 23.8 Å². The number of hydrogen-bond acceptors (Lipinski definition) is 1. The predicted octanol–water partition coefficient (Wildman–Crippen LogP) is 4.90. The van der Waals surface area contributed by atoms with Gasteiger partial charge < -0.3 is 4.74 Å². The van der Waals surface area contributed by atoms with E-state index in [0.717, 1.165) is 11.1 Å². The van der Waals surface area contributed by atoms with Crippen LogP contribution in [-0.2, 0) is 0 Å². The molecule has 0 bridgehead atoms. The van der Waals surface area contributed by atoms with Crippen molar-refractivity contribution in [1.29, 1.82) is 0 Å². The van der Waals surface area contributed by atoms with Crippen molar-refractivity contribution in [3.63, 3.8) is 0 Å². The normalized spacial score (nSPS) is 12.1. The number of benzene rings is 2. The highest BCUT2D eigenvalue weighted by Crippen LogP contribution is 2.22. The molecule has 0 radical (unpaired) electrons. The first-order valence-corrected chi connectivity index (χ1v) is 7.29. The van der Waals surface area contributed by atoms with Crippen molar-refractivity contribution in [3.8, 4) is 5.75 Å². The van der Waals surface area contributed by atoms with Gasteiger partial charge in [-0.2, -0.15) is 0 Å². The van der Waals surface area contributed by atoms with E-state index in [0.29, 0.717) is 17.5 Å². The van der Waals surface area contributed by atoms with Gasteiger partial charge in [0.1, 0.15) is 5.75 Å². The van der Waals surface area contributed by atoms with Gasteiger partial charge in [-0.25, -0.2) is 0 Å². The fourth-order valence-corrected chi connectivity index (χ4v) is 2.45. The van der Waals surface area contributed by atoms with Gasteiger partial charge in [-0.3, -0.25) is 0 Å². The lowest BCUT2D eigenvalue weighted by molar-refractivity contribution is 0.298. The lowest BCUT2D eigenvalue weighted by Crippen LogP contribution is -2.11. The standard InChI is InChI=1S/C15H14BrClO/c16-10-13(12-5-2-1-3-6-12)11-18-15-8-4-7-14(17)9-15/h1-9,13H,10-11H2. The third-order valence-corrected chi connectivity index (χ3v) is 3.72. The summed E-state index contributed by atoms with van der Waals surface area (Å²) in [6, 6.07) is 17.8. The molecule has 0 saturated heterocycles. The average Bonchev–Trinajstić information content (AvgIpc) is 2.41. The summed E-state index contributed by atoms with van der Waals surface area (Å²) in [7, 11) is 0. The second-order valence-electron chi connectivity index (χ2n) is 4.03. The Kier molecular flexibility index (Phi) is 5.09. The molecule has 2 aromatic rings. The lowest BCUT2D eigenvalue weighted by atomic mass is 10.0. The smallest absolute Gasteiger partial charge is 0.120 e. The molecule has 0 aliphatic rings. The van der Waals surface area contributed by atoms with Crippen molar-refractivity contribution in [2.24, 2.45) is 0 Å². The largest absolute Gasteiger partial charge is 0.493 e. The van der Waals surface area contributed by atoms with E-state index >= 15 is 0 Å². The van der Waals surface area contributed by atoms with E-state index in [4.69, 9.17) is 16.3 Å². The predicted molar refractivity (Wildman–Crippen MR) is 79.9 cm³/mol. The quantitative estimate of drug-likeness (QED) is 0.711. The van der Waals surface area contributed by atoms with Crippen LogP contribution in [0.2, 0.25) is 5.02 Å². The van der Waals surface area contributed by atoms with Crippen LogP contribution in [0, 0.1) is 0 Å². The molecular weight excluding hydrogens is 312 g/mol. The van der Waals surface area contributed by atoms with Gasteiger partial charge in [0, 0.05) is 16.3 Å². The Morgan fingerprint density at radius 2 is 1.83 bits per heavy atom.